The largest absolute Gasteiger partial charge is 0.465 e. The van der Waals surface area contributed by atoms with Crippen molar-refractivity contribution >= 4 is 17.6 Å². The quantitative estimate of drug-likeness (QED) is 0.827. The van der Waals surface area contributed by atoms with E-state index in [9.17, 15) is 14.9 Å². The zero-order valence-electron chi connectivity index (χ0n) is 16.4. The minimum Gasteiger partial charge on any atom is -0.465 e. The Hall–Kier alpha value is -3.27. The fourth-order valence-electron chi connectivity index (χ4n) is 3.74. The van der Waals surface area contributed by atoms with E-state index in [2.05, 4.69) is 16.0 Å². The lowest BCUT2D eigenvalue weighted by molar-refractivity contribution is 0.0599. The number of benzene rings is 1. The Morgan fingerprint density at radius 2 is 1.89 bits per heavy atom. The van der Waals surface area contributed by atoms with Crippen LogP contribution in [0.2, 0.25) is 0 Å². The maximum atomic E-state index is 13.1. The molecule has 0 bridgehead atoms. The van der Waals surface area contributed by atoms with Crippen LogP contribution in [0.4, 0.5) is 5.69 Å². The van der Waals surface area contributed by atoms with E-state index in [0.29, 0.717) is 47.7 Å². The number of para-hydroxylation sites is 1. The number of ether oxygens (including phenoxy) is 1. The second-order valence-corrected chi connectivity index (χ2v) is 6.88. The number of nitriles is 1. The van der Waals surface area contributed by atoms with Crippen LogP contribution in [0, 0.1) is 25.2 Å². The van der Waals surface area contributed by atoms with Gasteiger partial charge in [-0.15, -0.1) is 0 Å². The maximum Gasteiger partial charge on any atom is 0.339 e. The molecule has 0 atom stereocenters. The molecule has 0 spiro atoms. The van der Waals surface area contributed by atoms with E-state index in [-0.39, 0.29) is 5.91 Å². The van der Waals surface area contributed by atoms with Gasteiger partial charge in [0.15, 0.2) is 0 Å². The van der Waals surface area contributed by atoms with Crippen molar-refractivity contribution in [2.75, 3.05) is 38.2 Å². The van der Waals surface area contributed by atoms with E-state index in [0.717, 1.165) is 18.7 Å². The number of aromatic amines is 1. The van der Waals surface area contributed by atoms with Gasteiger partial charge in [-0.2, -0.15) is 5.26 Å². The molecule has 1 aromatic heterocycles. The second-order valence-electron chi connectivity index (χ2n) is 6.88. The molecule has 1 N–H and O–H groups in total. The first-order chi connectivity index (χ1) is 13.5. The molecule has 7 heteroatoms. The van der Waals surface area contributed by atoms with Crippen LogP contribution in [0.25, 0.3) is 0 Å². The number of anilines is 1. The summed E-state index contributed by atoms with van der Waals surface area (Å²) in [5.74, 6) is -0.563. The predicted octanol–water partition coefficient (Wildman–Crippen LogP) is 2.64. The molecule has 7 nitrogen and oxygen atoms in total. The molecule has 28 heavy (non-hydrogen) atoms. The Morgan fingerprint density at radius 3 is 2.61 bits per heavy atom. The van der Waals surface area contributed by atoms with E-state index < -0.39 is 5.97 Å². The highest BCUT2D eigenvalue weighted by Gasteiger charge is 2.27. The summed E-state index contributed by atoms with van der Waals surface area (Å²) in [4.78, 5) is 32.1. The lowest BCUT2D eigenvalue weighted by Crippen LogP contribution is -2.36. The number of carbonyl (C=O) groups excluding carboxylic acids is 2. The number of aromatic nitrogens is 1. The van der Waals surface area contributed by atoms with E-state index >= 15 is 0 Å². The van der Waals surface area contributed by atoms with E-state index in [4.69, 9.17) is 4.74 Å². The van der Waals surface area contributed by atoms with Gasteiger partial charge in [0.2, 0.25) is 0 Å². The molecule has 0 radical (unpaired) electrons. The van der Waals surface area contributed by atoms with Gasteiger partial charge in [-0.25, -0.2) is 4.79 Å². The first-order valence-electron chi connectivity index (χ1n) is 9.28. The van der Waals surface area contributed by atoms with Crippen molar-refractivity contribution in [1.29, 1.82) is 5.26 Å². The molecule has 1 saturated heterocycles. The third kappa shape index (κ3) is 3.58. The van der Waals surface area contributed by atoms with Crippen molar-refractivity contribution in [3.63, 3.8) is 0 Å². The lowest BCUT2D eigenvalue weighted by Gasteiger charge is -2.24. The van der Waals surface area contributed by atoms with Gasteiger partial charge in [-0.05, 0) is 38.0 Å². The summed E-state index contributed by atoms with van der Waals surface area (Å²) in [5.41, 5.74) is 3.64. The predicted molar refractivity (Wildman–Crippen MR) is 105 cm³/mol. The average molecular weight is 380 g/mol. The highest BCUT2D eigenvalue weighted by molar-refractivity contribution is 6.00. The molecule has 3 rings (SSSR count). The fourth-order valence-corrected chi connectivity index (χ4v) is 3.74. The normalized spacial score (nSPS) is 14.4. The number of amides is 1. The van der Waals surface area contributed by atoms with Crippen molar-refractivity contribution in [2.45, 2.75) is 20.3 Å². The monoisotopic (exact) mass is 380 g/mol. The molecular weight excluding hydrogens is 356 g/mol. The number of rotatable bonds is 3. The number of nitrogens with one attached hydrogen (secondary N) is 1. The van der Waals surface area contributed by atoms with Crippen molar-refractivity contribution in [1.82, 2.24) is 9.88 Å². The molecular formula is C21H24N4O3. The molecule has 146 valence electrons. The number of methoxy groups -OCH3 is 1. The van der Waals surface area contributed by atoms with Gasteiger partial charge >= 0.3 is 5.97 Å². The third-order valence-electron chi connectivity index (χ3n) is 5.19. The summed E-state index contributed by atoms with van der Waals surface area (Å²) in [5, 5.41) is 9.35. The second kappa shape index (κ2) is 8.17. The van der Waals surface area contributed by atoms with Gasteiger partial charge in [0.1, 0.15) is 11.8 Å². The number of H-pyrrole nitrogens is 1. The molecule has 0 aliphatic carbocycles. The van der Waals surface area contributed by atoms with E-state index in [1.807, 2.05) is 24.3 Å². The molecule has 1 aliphatic rings. The van der Waals surface area contributed by atoms with E-state index in [1.54, 1.807) is 18.7 Å². The highest BCUT2D eigenvalue weighted by Crippen LogP contribution is 2.23. The number of hydrogen-bond donors (Lipinski definition) is 1. The molecule has 1 aliphatic heterocycles. The zero-order valence-corrected chi connectivity index (χ0v) is 16.4. The molecule has 1 fully saturated rings. The number of esters is 1. The van der Waals surface area contributed by atoms with Crippen LogP contribution in [0.5, 0.6) is 0 Å². The van der Waals surface area contributed by atoms with Crippen LogP contribution in [0.15, 0.2) is 24.3 Å². The van der Waals surface area contributed by atoms with Crippen molar-refractivity contribution < 1.29 is 14.3 Å². The maximum absolute atomic E-state index is 13.1. The number of nitrogens with zero attached hydrogens (tertiary/aromatic N) is 3. The van der Waals surface area contributed by atoms with Crippen molar-refractivity contribution in [3.8, 4) is 6.07 Å². The zero-order chi connectivity index (χ0) is 20.3. The highest BCUT2D eigenvalue weighted by atomic mass is 16.5. The van der Waals surface area contributed by atoms with Gasteiger partial charge in [-0.1, -0.05) is 12.1 Å². The van der Waals surface area contributed by atoms with E-state index in [1.165, 1.54) is 7.11 Å². The van der Waals surface area contributed by atoms with Crippen molar-refractivity contribution in [2.24, 2.45) is 0 Å². The van der Waals surface area contributed by atoms with Gasteiger partial charge in [0.25, 0.3) is 5.91 Å². The molecule has 0 saturated carbocycles. The lowest BCUT2D eigenvalue weighted by atomic mass is 10.1. The standard InChI is InChI=1S/C21H24N4O3/c1-14-18(21(27)28-3)15(2)23-19(14)20(26)25-10-6-9-24(11-12-25)17-8-5-4-7-16(17)13-22/h4-5,7-8,23H,6,9-12H2,1-3H3. The first kappa shape index (κ1) is 19.5. The third-order valence-corrected chi connectivity index (χ3v) is 5.19. The molecule has 0 unspecified atom stereocenters. The first-order valence-corrected chi connectivity index (χ1v) is 9.28. The smallest absolute Gasteiger partial charge is 0.339 e. The fraction of sp³-hybridized carbons (Fsp3) is 0.381. The molecule has 2 heterocycles. The van der Waals surface area contributed by atoms with Gasteiger partial charge in [0.05, 0.1) is 23.9 Å². The van der Waals surface area contributed by atoms with Crippen LogP contribution < -0.4 is 4.90 Å². The minimum atomic E-state index is -0.444. The van der Waals surface area contributed by atoms with Gasteiger partial charge < -0.3 is 19.5 Å². The van der Waals surface area contributed by atoms with Gasteiger partial charge in [-0.3, -0.25) is 4.79 Å². The SMILES string of the molecule is COC(=O)c1c(C)[nH]c(C(=O)N2CCCN(c3ccccc3C#N)CC2)c1C. The minimum absolute atomic E-state index is 0.119. The Kier molecular flexibility index (Phi) is 5.69. The van der Waals surface area contributed by atoms with Crippen LogP contribution in [-0.4, -0.2) is 55.0 Å². The van der Waals surface area contributed by atoms with Crippen LogP contribution >= 0.6 is 0 Å². The summed E-state index contributed by atoms with van der Waals surface area (Å²) >= 11 is 0. The molecule has 1 amide bonds. The van der Waals surface area contributed by atoms with Crippen LogP contribution in [0.3, 0.4) is 0 Å². The number of carbonyl (C=O) groups is 2. The van der Waals surface area contributed by atoms with Crippen molar-refractivity contribution in [3.05, 3.63) is 52.3 Å². The van der Waals surface area contributed by atoms with Crippen LogP contribution in [0.1, 0.15) is 44.1 Å². The summed E-state index contributed by atoms with van der Waals surface area (Å²) in [6.07, 6.45) is 0.800. The summed E-state index contributed by atoms with van der Waals surface area (Å²) in [6, 6.07) is 9.76. The summed E-state index contributed by atoms with van der Waals surface area (Å²) < 4.78 is 4.82. The molecule has 2 aromatic rings. The molecule has 1 aromatic carbocycles. The number of hydrogen-bond acceptors (Lipinski definition) is 5. The Morgan fingerprint density at radius 1 is 1.14 bits per heavy atom. The Labute approximate surface area is 164 Å². The Bertz CT molecular complexity index is 942. The van der Waals surface area contributed by atoms with Crippen LogP contribution in [-0.2, 0) is 4.74 Å². The topological polar surface area (TPSA) is 89.4 Å². The van der Waals surface area contributed by atoms with Gasteiger partial charge in [0, 0.05) is 31.9 Å². The summed E-state index contributed by atoms with van der Waals surface area (Å²) in [7, 11) is 1.33. The summed E-state index contributed by atoms with van der Waals surface area (Å²) in [6.45, 7) is 6.11. The number of aryl methyl sites for hydroxylation is 1. The Balaban J connectivity index is 1.79. The average Bonchev–Trinajstić information content (AvgIpc) is 2.88.